The minimum absolute atomic E-state index is 0.0115. The summed E-state index contributed by atoms with van der Waals surface area (Å²) in [5.74, 6) is 0. The van der Waals surface area contributed by atoms with Crippen molar-refractivity contribution in [3.63, 3.8) is 0 Å². The van der Waals surface area contributed by atoms with E-state index in [2.05, 4.69) is 29.1 Å². The predicted molar refractivity (Wildman–Crippen MR) is 62.6 cm³/mol. The first-order valence-electron chi connectivity index (χ1n) is 5.36. The fourth-order valence-electron chi connectivity index (χ4n) is 1.52. The Morgan fingerprint density at radius 1 is 1.13 bits per heavy atom. The van der Waals surface area contributed by atoms with Crippen molar-refractivity contribution in [1.82, 2.24) is 0 Å². The van der Waals surface area contributed by atoms with Gasteiger partial charge in [0.25, 0.3) is 0 Å². The molecule has 0 amide bonds. The first-order chi connectivity index (χ1) is 7.36. The van der Waals surface area contributed by atoms with Crippen LogP contribution < -0.4 is 4.57 Å². The van der Waals surface area contributed by atoms with Gasteiger partial charge < -0.3 is 9.47 Å². The van der Waals surface area contributed by atoms with Gasteiger partial charge in [0, 0.05) is 35.9 Å². The van der Waals surface area contributed by atoms with Crippen molar-refractivity contribution in [2.45, 2.75) is 24.9 Å². The second kappa shape index (κ2) is 7.56. The topological polar surface area (TPSA) is 22.3 Å². The third-order valence-corrected chi connectivity index (χ3v) is 4.11. The van der Waals surface area contributed by atoms with Crippen LogP contribution in [0.1, 0.15) is 0 Å². The zero-order chi connectivity index (χ0) is 10.9. The van der Waals surface area contributed by atoms with Gasteiger partial charge in [0.1, 0.15) is 6.54 Å². The Bertz CT molecular complexity index is 252. The molecule has 1 heterocycles. The molecule has 84 valence electrons. The number of hydrogen-bond donors (Lipinski definition) is 0. The number of rotatable bonds is 7. The van der Waals surface area contributed by atoms with Crippen molar-refractivity contribution in [3.05, 3.63) is 30.6 Å². The summed E-state index contributed by atoms with van der Waals surface area (Å²) in [6, 6.07) is 8.56. The number of aromatic nitrogens is 1. The molecule has 0 aromatic carbocycles. The van der Waals surface area contributed by atoms with Crippen LogP contribution >= 0.6 is 0 Å². The smallest absolute Gasteiger partial charge is 0.168 e. The summed E-state index contributed by atoms with van der Waals surface area (Å²) in [4.78, 5) is 0. The van der Waals surface area contributed by atoms with Crippen LogP contribution in [0.3, 0.4) is 0 Å². The quantitative estimate of drug-likeness (QED) is 0.294. The van der Waals surface area contributed by atoms with Gasteiger partial charge in [-0.1, -0.05) is 6.07 Å². The third-order valence-electron chi connectivity index (χ3n) is 2.41. The molecule has 0 aliphatic heterocycles. The van der Waals surface area contributed by atoms with Crippen molar-refractivity contribution in [2.75, 3.05) is 14.2 Å². The Labute approximate surface area is 93.9 Å². The molecule has 0 fully saturated rings. The average Bonchev–Trinajstić information content (AvgIpc) is 2.31. The van der Waals surface area contributed by atoms with Crippen LogP contribution in [0.25, 0.3) is 0 Å². The van der Waals surface area contributed by atoms with Crippen LogP contribution in [0.4, 0.5) is 0 Å². The van der Waals surface area contributed by atoms with Crippen LogP contribution in [-0.4, -0.2) is 30.0 Å². The minimum atomic E-state index is -0.0728. The second-order valence-corrected chi connectivity index (χ2v) is 5.50. The number of nitrogens with zero attached hydrogens (tertiary/aromatic N) is 1. The van der Waals surface area contributed by atoms with Crippen LogP contribution in [0, 0.1) is 0 Å². The monoisotopic (exact) mass is 226 g/mol. The number of ether oxygens (including phenoxy) is 2. The summed E-state index contributed by atoms with van der Waals surface area (Å²) in [5.41, 5.74) is 0. The fourth-order valence-corrected chi connectivity index (χ4v) is 3.20. The molecule has 15 heavy (non-hydrogen) atoms. The highest BCUT2D eigenvalue weighted by Crippen LogP contribution is 1.99. The maximum absolute atomic E-state index is 5.16. The molecule has 0 spiro atoms. The van der Waals surface area contributed by atoms with Crippen LogP contribution in [-0.2, 0) is 16.0 Å². The zero-order valence-corrected chi connectivity index (χ0v) is 11.0. The predicted octanol–water partition coefficient (Wildman–Crippen LogP) is 0.598. The Morgan fingerprint density at radius 3 is 2.40 bits per heavy atom. The van der Waals surface area contributed by atoms with E-state index >= 15 is 0 Å². The highest BCUT2D eigenvalue weighted by atomic mass is 28.2. The highest BCUT2D eigenvalue weighted by Gasteiger charge is 2.05. The van der Waals surface area contributed by atoms with Gasteiger partial charge in [-0.15, -0.1) is 0 Å². The van der Waals surface area contributed by atoms with E-state index in [9.17, 15) is 0 Å². The maximum atomic E-state index is 5.16. The van der Waals surface area contributed by atoms with Gasteiger partial charge in [-0.3, -0.25) is 0 Å². The van der Waals surface area contributed by atoms with Gasteiger partial charge in [0.2, 0.25) is 0 Å². The maximum Gasteiger partial charge on any atom is 0.168 e. The molecule has 0 saturated heterocycles. The molecule has 0 radical (unpaired) electrons. The summed E-state index contributed by atoms with van der Waals surface area (Å²) in [6.07, 6.45) is 4.23. The van der Waals surface area contributed by atoms with E-state index in [1.165, 1.54) is 6.04 Å². The van der Waals surface area contributed by atoms with Gasteiger partial charge in [-0.2, -0.15) is 0 Å². The van der Waals surface area contributed by atoms with Gasteiger partial charge in [-0.05, 0) is 12.1 Å². The molecule has 0 bridgehead atoms. The van der Waals surface area contributed by atoms with Gasteiger partial charge in [-0.25, -0.2) is 4.57 Å². The number of aryl methyl sites for hydroxylation is 1. The van der Waals surface area contributed by atoms with E-state index in [1.54, 1.807) is 14.2 Å². The SMILES string of the molecule is COC(C[SiH2]CC[n+]1ccccc1)OC. The highest BCUT2D eigenvalue weighted by molar-refractivity contribution is 6.35. The Kier molecular flexibility index (Phi) is 6.23. The largest absolute Gasteiger partial charge is 0.356 e. The summed E-state index contributed by atoms with van der Waals surface area (Å²) in [7, 11) is 3.33. The zero-order valence-electron chi connectivity index (χ0n) is 9.56. The van der Waals surface area contributed by atoms with E-state index in [-0.39, 0.29) is 15.8 Å². The molecule has 0 aliphatic rings. The third kappa shape index (κ3) is 5.06. The number of pyridine rings is 1. The Balaban J connectivity index is 2.12. The first-order valence-corrected chi connectivity index (χ1v) is 7.36. The molecule has 0 atom stereocenters. The molecule has 0 aliphatic carbocycles. The summed E-state index contributed by atoms with van der Waals surface area (Å²) in [6.45, 7) is 1.12. The minimum Gasteiger partial charge on any atom is -0.356 e. The van der Waals surface area contributed by atoms with Crippen molar-refractivity contribution in [2.24, 2.45) is 0 Å². The molecule has 1 aromatic heterocycles. The molecule has 1 aromatic rings. The lowest BCUT2D eigenvalue weighted by Crippen LogP contribution is -2.33. The van der Waals surface area contributed by atoms with E-state index in [0.717, 1.165) is 12.6 Å². The van der Waals surface area contributed by atoms with Crippen molar-refractivity contribution < 1.29 is 14.0 Å². The standard InChI is InChI=1S/C11H20NO2Si/c1-13-11(14-2)10-15-9-8-12-6-4-3-5-7-12/h3-7,11H,8-10,15H2,1-2H3/q+1. The fraction of sp³-hybridized carbons (Fsp3) is 0.545. The summed E-state index contributed by atoms with van der Waals surface area (Å²) in [5, 5.41) is 0. The van der Waals surface area contributed by atoms with E-state index in [4.69, 9.17) is 9.47 Å². The average molecular weight is 226 g/mol. The molecular formula is C11H20NO2Si+. The van der Waals surface area contributed by atoms with E-state index < -0.39 is 0 Å². The molecule has 0 N–H and O–H groups in total. The lowest BCUT2D eigenvalue weighted by molar-refractivity contribution is -0.693. The molecule has 0 unspecified atom stereocenters. The lowest BCUT2D eigenvalue weighted by Gasteiger charge is -2.11. The Morgan fingerprint density at radius 2 is 1.80 bits per heavy atom. The van der Waals surface area contributed by atoms with Gasteiger partial charge in [0.05, 0.1) is 0 Å². The summed E-state index contributed by atoms with van der Waals surface area (Å²) < 4.78 is 12.5. The lowest BCUT2D eigenvalue weighted by atomic mass is 10.5. The first kappa shape index (κ1) is 12.4. The van der Waals surface area contributed by atoms with Crippen molar-refractivity contribution in [1.29, 1.82) is 0 Å². The van der Waals surface area contributed by atoms with Crippen LogP contribution in [0.15, 0.2) is 30.6 Å². The number of methoxy groups -OCH3 is 2. The van der Waals surface area contributed by atoms with Gasteiger partial charge in [0.15, 0.2) is 18.7 Å². The molecule has 4 heteroatoms. The Hall–Kier alpha value is -0.713. The van der Waals surface area contributed by atoms with Gasteiger partial charge >= 0.3 is 0 Å². The molecular weight excluding hydrogens is 206 g/mol. The molecule has 0 saturated carbocycles. The van der Waals surface area contributed by atoms with E-state index in [0.29, 0.717) is 0 Å². The van der Waals surface area contributed by atoms with Crippen molar-refractivity contribution in [3.8, 4) is 0 Å². The second-order valence-electron chi connectivity index (χ2n) is 3.51. The van der Waals surface area contributed by atoms with Crippen LogP contribution in [0.2, 0.25) is 12.1 Å². The normalized spacial score (nSPS) is 11.7. The van der Waals surface area contributed by atoms with Crippen LogP contribution in [0.5, 0.6) is 0 Å². The van der Waals surface area contributed by atoms with E-state index in [1.807, 2.05) is 6.07 Å². The molecule has 3 nitrogen and oxygen atoms in total. The summed E-state index contributed by atoms with van der Waals surface area (Å²) >= 11 is 0. The molecule has 1 rings (SSSR count). The van der Waals surface area contributed by atoms with Crippen molar-refractivity contribution >= 4 is 9.52 Å². The number of hydrogen-bond acceptors (Lipinski definition) is 2.